The summed E-state index contributed by atoms with van der Waals surface area (Å²) in [6, 6.07) is 5.79. The lowest BCUT2D eigenvalue weighted by Gasteiger charge is -2.20. The zero-order valence-corrected chi connectivity index (χ0v) is 19.3. The summed E-state index contributed by atoms with van der Waals surface area (Å²) in [5.74, 6) is 1.79. The number of benzene rings is 1. The van der Waals surface area contributed by atoms with Crippen LogP contribution in [0.1, 0.15) is 56.2 Å². The molecule has 2 fully saturated rings. The number of carbonyl (C=O) groups excluding carboxylic acids is 2. The fourth-order valence-corrected chi connectivity index (χ4v) is 4.70. The summed E-state index contributed by atoms with van der Waals surface area (Å²) < 4.78 is 11.3. The second-order valence-electron chi connectivity index (χ2n) is 8.53. The van der Waals surface area contributed by atoms with Crippen LogP contribution in [0.15, 0.2) is 23.6 Å². The highest BCUT2D eigenvalue weighted by Gasteiger charge is 2.33. The van der Waals surface area contributed by atoms with E-state index in [1.54, 1.807) is 24.0 Å². The predicted molar refractivity (Wildman–Crippen MR) is 120 cm³/mol. The van der Waals surface area contributed by atoms with E-state index in [0.717, 1.165) is 11.3 Å². The maximum atomic E-state index is 12.8. The van der Waals surface area contributed by atoms with Crippen molar-refractivity contribution in [2.75, 3.05) is 32.1 Å². The minimum Gasteiger partial charge on any atom is -0.493 e. The van der Waals surface area contributed by atoms with Crippen LogP contribution < -0.4 is 14.4 Å². The lowest BCUT2D eigenvalue weighted by molar-refractivity contribution is -0.132. The molecule has 31 heavy (non-hydrogen) atoms. The molecular weight excluding hydrogens is 414 g/mol. The zero-order chi connectivity index (χ0) is 22.1. The van der Waals surface area contributed by atoms with Gasteiger partial charge in [-0.1, -0.05) is 6.07 Å². The SMILES string of the molecule is COc1ccc([C@@H]2CC(=O)N(CC(=O)N(C)c3nc(C4CC4)cs3)C2)cc1OC(C)C. The molecule has 2 amide bonds. The smallest absolute Gasteiger partial charge is 0.248 e. The number of carbonyl (C=O) groups is 2. The van der Waals surface area contributed by atoms with Gasteiger partial charge in [-0.15, -0.1) is 11.3 Å². The minimum absolute atomic E-state index is 0.00768. The van der Waals surface area contributed by atoms with E-state index in [1.807, 2.05) is 37.4 Å². The lowest BCUT2D eigenvalue weighted by atomic mass is 9.98. The number of hydrogen-bond donors (Lipinski definition) is 0. The Hall–Kier alpha value is -2.61. The molecule has 2 heterocycles. The van der Waals surface area contributed by atoms with Crippen molar-refractivity contribution in [2.45, 2.75) is 51.0 Å². The molecule has 1 aromatic carbocycles. The summed E-state index contributed by atoms with van der Waals surface area (Å²) in [5, 5.41) is 2.73. The zero-order valence-electron chi connectivity index (χ0n) is 18.5. The summed E-state index contributed by atoms with van der Waals surface area (Å²) in [5.41, 5.74) is 2.10. The highest BCUT2D eigenvalue weighted by Crippen LogP contribution is 2.41. The van der Waals surface area contributed by atoms with E-state index >= 15 is 0 Å². The first-order chi connectivity index (χ1) is 14.9. The van der Waals surface area contributed by atoms with E-state index < -0.39 is 0 Å². The number of hydrogen-bond acceptors (Lipinski definition) is 6. The van der Waals surface area contributed by atoms with Gasteiger partial charge in [0, 0.05) is 37.2 Å². The lowest BCUT2D eigenvalue weighted by Crippen LogP contribution is -2.39. The number of anilines is 1. The molecule has 1 atom stereocenters. The molecule has 7 nitrogen and oxygen atoms in total. The molecule has 1 aliphatic heterocycles. The van der Waals surface area contributed by atoms with Gasteiger partial charge in [0.25, 0.3) is 0 Å². The Labute approximate surface area is 187 Å². The third kappa shape index (κ3) is 4.84. The Kier molecular flexibility index (Phi) is 6.18. The number of likely N-dealkylation sites (N-methyl/N-ethyl adjacent to an activating group) is 1. The third-order valence-corrected chi connectivity index (χ3v) is 6.66. The van der Waals surface area contributed by atoms with E-state index in [4.69, 9.17) is 9.47 Å². The van der Waals surface area contributed by atoms with Crippen LogP contribution >= 0.6 is 11.3 Å². The van der Waals surface area contributed by atoms with E-state index in [2.05, 4.69) is 4.98 Å². The number of ether oxygens (including phenoxy) is 2. The molecule has 0 bridgehead atoms. The van der Waals surface area contributed by atoms with Gasteiger partial charge in [-0.25, -0.2) is 4.98 Å². The molecule has 1 saturated heterocycles. The Balaban J connectivity index is 1.41. The number of likely N-dealkylation sites (tertiary alicyclic amines) is 1. The normalized spacial score (nSPS) is 18.5. The minimum atomic E-state index is -0.121. The van der Waals surface area contributed by atoms with Crippen molar-refractivity contribution in [2.24, 2.45) is 0 Å². The van der Waals surface area contributed by atoms with Gasteiger partial charge in [-0.3, -0.25) is 14.5 Å². The van der Waals surface area contributed by atoms with Crippen molar-refractivity contribution in [3.63, 3.8) is 0 Å². The van der Waals surface area contributed by atoms with Gasteiger partial charge < -0.3 is 14.4 Å². The topological polar surface area (TPSA) is 72.0 Å². The van der Waals surface area contributed by atoms with Gasteiger partial charge >= 0.3 is 0 Å². The highest BCUT2D eigenvalue weighted by atomic mass is 32.1. The molecule has 166 valence electrons. The monoisotopic (exact) mass is 443 g/mol. The van der Waals surface area contributed by atoms with Gasteiger partial charge in [0.05, 0.1) is 18.9 Å². The number of amides is 2. The molecule has 0 unspecified atom stereocenters. The van der Waals surface area contributed by atoms with Crippen LogP contribution in [0.2, 0.25) is 0 Å². The molecule has 1 aliphatic carbocycles. The van der Waals surface area contributed by atoms with Crippen molar-refractivity contribution in [1.29, 1.82) is 0 Å². The van der Waals surface area contributed by atoms with Crippen molar-refractivity contribution in [3.05, 3.63) is 34.8 Å². The first-order valence-corrected chi connectivity index (χ1v) is 11.6. The molecule has 4 rings (SSSR count). The van der Waals surface area contributed by atoms with Crippen molar-refractivity contribution >= 4 is 28.3 Å². The Morgan fingerprint density at radius 3 is 2.74 bits per heavy atom. The van der Waals surface area contributed by atoms with Gasteiger partial charge in [-0.2, -0.15) is 0 Å². The second-order valence-corrected chi connectivity index (χ2v) is 9.37. The van der Waals surface area contributed by atoms with E-state index in [9.17, 15) is 9.59 Å². The molecule has 1 saturated carbocycles. The van der Waals surface area contributed by atoms with E-state index in [1.165, 1.54) is 24.2 Å². The average molecular weight is 444 g/mol. The van der Waals surface area contributed by atoms with Crippen LogP contribution in [-0.4, -0.2) is 55.0 Å². The molecule has 2 aliphatic rings. The van der Waals surface area contributed by atoms with Gasteiger partial charge in [0.15, 0.2) is 16.6 Å². The fraction of sp³-hybridized carbons (Fsp3) is 0.522. The molecule has 2 aromatic rings. The van der Waals surface area contributed by atoms with Gasteiger partial charge in [0.2, 0.25) is 11.8 Å². The van der Waals surface area contributed by atoms with Crippen molar-refractivity contribution < 1.29 is 19.1 Å². The number of nitrogens with zero attached hydrogens (tertiary/aromatic N) is 3. The number of aromatic nitrogens is 1. The van der Waals surface area contributed by atoms with Crippen LogP contribution in [0.25, 0.3) is 0 Å². The second kappa shape index (κ2) is 8.86. The van der Waals surface area contributed by atoms with Crippen LogP contribution in [0, 0.1) is 0 Å². The number of methoxy groups -OCH3 is 1. The largest absolute Gasteiger partial charge is 0.493 e. The Morgan fingerprint density at radius 2 is 2.06 bits per heavy atom. The van der Waals surface area contributed by atoms with E-state index in [-0.39, 0.29) is 30.4 Å². The number of rotatable bonds is 8. The van der Waals surface area contributed by atoms with Crippen molar-refractivity contribution in [1.82, 2.24) is 9.88 Å². The molecular formula is C23H29N3O4S. The summed E-state index contributed by atoms with van der Waals surface area (Å²) >= 11 is 1.49. The van der Waals surface area contributed by atoms with Crippen LogP contribution in [0.5, 0.6) is 11.5 Å². The fourth-order valence-electron chi connectivity index (χ4n) is 3.81. The molecule has 8 heteroatoms. The highest BCUT2D eigenvalue weighted by molar-refractivity contribution is 7.14. The van der Waals surface area contributed by atoms with Crippen LogP contribution in [-0.2, 0) is 9.59 Å². The molecule has 1 aromatic heterocycles. The van der Waals surface area contributed by atoms with E-state index in [0.29, 0.717) is 35.5 Å². The summed E-state index contributed by atoms with van der Waals surface area (Å²) in [6.07, 6.45) is 2.76. The Bertz CT molecular complexity index is 969. The van der Waals surface area contributed by atoms with Crippen LogP contribution in [0.4, 0.5) is 5.13 Å². The van der Waals surface area contributed by atoms with Crippen molar-refractivity contribution in [3.8, 4) is 11.5 Å². The summed E-state index contributed by atoms with van der Waals surface area (Å²) in [4.78, 5) is 33.2. The Morgan fingerprint density at radius 1 is 1.29 bits per heavy atom. The predicted octanol–water partition coefficient (Wildman–Crippen LogP) is 3.80. The maximum absolute atomic E-state index is 12.8. The quantitative estimate of drug-likeness (QED) is 0.621. The molecule has 0 radical (unpaired) electrons. The molecule has 0 N–H and O–H groups in total. The third-order valence-electron chi connectivity index (χ3n) is 5.73. The van der Waals surface area contributed by atoms with Crippen LogP contribution in [0.3, 0.4) is 0 Å². The summed E-state index contributed by atoms with van der Waals surface area (Å²) in [6.45, 7) is 4.50. The van der Waals surface area contributed by atoms with Gasteiger partial charge in [0.1, 0.15) is 6.54 Å². The average Bonchev–Trinajstić information content (AvgIpc) is 3.36. The molecule has 0 spiro atoms. The summed E-state index contributed by atoms with van der Waals surface area (Å²) in [7, 11) is 3.34. The first kappa shape index (κ1) is 21.6. The van der Waals surface area contributed by atoms with Gasteiger partial charge in [-0.05, 0) is 44.4 Å². The standard InChI is InChI=1S/C23H29N3O4S/c1-14(2)30-20-9-16(7-8-19(20)29-4)17-10-21(27)26(11-17)12-22(28)25(3)23-24-18(13-31-23)15-5-6-15/h7-9,13-15,17H,5-6,10-12H2,1-4H3/t17-/m1/s1. The number of thiazole rings is 1. The maximum Gasteiger partial charge on any atom is 0.248 e. The first-order valence-electron chi connectivity index (χ1n) is 10.7.